The van der Waals surface area contributed by atoms with Crippen molar-refractivity contribution in [2.24, 2.45) is 10.2 Å². The van der Waals surface area contributed by atoms with E-state index in [-0.39, 0.29) is 18.5 Å². The molecule has 0 atom stereocenters. The van der Waals surface area contributed by atoms with Gasteiger partial charge in [0.05, 0.1) is 16.6 Å². The number of hydrogen-bond donors (Lipinski definition) is 1. The fourth-order valence-corrected chi connectivity index (χ4v) is 3.52. The van der Waals surface area contributed by atoms with Crippen LogP contribution in [0.15, 0.2) is 58.8 Å². The molecule has 4 rings (SSSR count). The maximum atomic E-state index is 12.5. The fourth-order valence-electron chi connectivity index (χ4n) is 3.52. The molecular weight excluding hydrogens is 354 g/mol. The number of aromatic hydroxyl groups is 1. The van der Waals surface area contributed by atoms with Crippen LogP contribution in [-0.4, -0.2) is 25.1 Å². The molecule has 2 heterocycles. The van der Waals surface area contributed by atoms with Crippen LogP contribution in [0.1, 0.15) is 25.7 Å². The van der Waals surface area contributed by atoms with Gasteiger partial charge in [-0.3, -0.25) is 4.79 Å². The van der Waals surface area contributed by atoms with Gasteiger partial charge in [0, 0.05) is 11.4 Å². The van der Waals surface area contributed by atoms with Crippen molar-refractivity contribution < 1.29 is 9.90 Å². The van der Waals surface area contributed by atoms with E-state index in [0.29, 0.717) is 5.69 Å². The summed E-state index contributed by atoms with van der Waals surface area (Å²) in [5, 5.41) is 19.3. The third-order valence-electron chi connectivity index (χ3n) is 4.78. The first-order valence-electron chi connectivity index (χ1n) is 9.15. The Hall–Kier alpha value is -3.48. The van der Waals surface area contributed by atoms with Crippen molar-refractivity contribution >= 4 is 33.5 Å². The molecule has 0 bridgehead atoms. The van der Waals surface area contributed by atoms with E-state index in [1.54, 1.807) is 4.57 Å². The smallest absolute Gasteiger partial charge is 0.284 e. The summed E-state index contributed by atoms with van der Waals surface area (Å²) in [5.41, 5.74) is 2.88. The van der Waals surface area contributed by atoms with Crippen molar-refractivity contribution in [2.45, 2.75) is 33.4 Å². The van der Waals surface area contributed by atoms with Crippen LogP contribution < -0.4 is 0 Å². The zero-order valence-electron chi connectivity index (χ0n) is 16.0. The monoisotopic (exact) mass is 375 g/mol. The topological polar surface area (TPSA) is 84.8 Å². The largest absolute Gasteiger partial charge is 0.493 e. The van der Waals surface area contributed by atoms with E-state index in [2.05, 4.69) is 15.2 Å². The van der Waals surface area contributed by atoms with E-state index >= 15 is 0 Å². The number of carbonyl (C=O) groups excluding carboxylic acids is 1. The van der Waals surface area contributed by atoms with Gasteiger partial charge in [-0.05, 0) is 39.0 Å². The number of hydrogen-bond acceptors (Lipinski definition) is 4. The van der Waals surface area contributed by atoms with Gasteiger partial charge in [-0.25, -0.2) is 4.98 Å². The van der Waals surface area contributed by atoms with Crippen LogP contribution in [0.2, 0.25) is 0 Å². The number of carbonyl (C=O) groups is 1. The Balaban J connectivity index is 1.67. The van der Waals surface area contributed by atoms with Gasteiger partial charge in [-0.1, -0.05) is 30.3 Å². The van der Waals surface area contributed by atoms with Gasteiger partial charge in [-0.2, -0.15) is 0 Å². The minimum atomic E-state index is -0.410. The van der Waals surface area contributed by atoms with Crippen molar-refractivity contribution in [3.8, 4) is 5.88 Å². The van der Waals surface area contributed by atoms with E-state index < -0.39 is 5.91 Å². The highest BCUT2D eigenvalue weighted by Crippen LogP contribution is 2.40. The number of para-hydroxylation sites is 3. The molecule has 28 heavy (non-hydrogen) atoms. The molecule has 142 valence electrons. The van der Waals surface area contributed by atoms with Gasteiger partial charge in [0.15, 0.2) is 5.69 Å². The van der Waals surface area contributed by atoms with Gasteiger partial charge in [0.25, 0.3) is 5.91 Å². The molecule has 0 aliphatic heterocycles. The number of aromatic nitrogens is 3. The van der Waals surface area contributed by atoms with Gasteiger partial charge >= 0.3 is 0 Å². The Kier molecular flexibility index (Phi) is 4.43. The molecule has 0 unspecified atom stereocenters. The van der Waals surface area contributed by atoms with Crippen LogP contribution in [0, 0.1) is 6.92 Å². The summed E-state index contributed by atoms with van der Waals surface area (Å²) in [6, 6.07) is 15.2. The Morgan fingerprint density at radius 2 is 1.79 bits per heavy atom. The molecule has 0 radical (unpaired) electrons. The number of benzene rings is 2. The van der Waals surface area contributed by atoms with Crippen molar-refractivity contribution in [1.82, 2.24) is 14.1 Å². The lowest BCUT2D eigenvalue weighted by molar-refractivity contribution is -0.118. The van der Waals surface area contributed by atoms with Crippen LogP contribution >= 0.6 is 0 Å². The molecule has 7 nitrogen and oxygen atoms in total. The van der Waals surface area contributed by atoms with Crippen LogP contribution in [0.4, 0.5) is 5.69 Å². The Bertz CT molecular complexity index is 1220. The lowest BCUT2D eigenvalue weighted by atomic mass is 10.2. The summed E-state index contributed by atoms with van der Waals surface area (Å²) in [6.07, 6.45) is 0. The van der Waals surface area contributed by atoms with E-state index in [1.807, 2.05) is 73.9 Å². The molecule has 0 aliphatic rings. The highest BCUT2D eigenvalue weighted by atomic mass is 16.3. The van der Waals surface area contributed by atoms with E-state index in [1.165, 1.54) is 0 Å². The van der Waals surface area contributed by atoms with Crippen molar-refractivity contribution in [1.29, 1.82) is 0 Å². The molecule has 0 aliphatic carbocycles. The lowest BCUT2D eigenvalue weighted by Crippen LogP contribution is -2.08. The summed E-state index contributed by atoms with van der Waals surface area (Å²) in [5.74, 6) is 0.341. The average Bonchev–Trinajstić information content (AvgIpc) is 3.13. The third-order valence-corrected chi connectivity index (χ3v) is 4.78. The SMILES string of the molecule is Cc1nc2ccccc2n1CC(=O)N=Nc1c(O)n(C(C)C)c2ccccc12. The molecule has 1 N–H and O–H groups in total. The number of rotatable bonds is 4. The zero-order chi connectivity index (χ0) is 19.8. The van der Waals surface area contributed by atoms with Crippen LogP contribution in [0.3, 0.4) is 0 Å². The Labute approximate surface area is 162 Å². The summed E-state index contributed by atoms with van der Waals surface area (Å²) in [7, 11) is 0. The molecule has 0 saturated carbocycles. The molecule has 7 heteroatoms. The number of fused-ring (bicyclic) bond motifs is 2. The molecule has 0 spiro atoms. The van der Waals surface area contributed by atoms with E-state index in [0.717, 1.165) is 27.8 Å². The minimum absolute atomic E-state index is 0.0111. The molecular formula is C21H21N5O2. The lowest BCUT2D eigenvalue weighted by Gasteiger charge is -2.10. The second-order valence-electron chi connectivity index (χ2n) is 6.98. The maximum Gasteiger partial charge on any atom is 0.284 e. The number of imidazole rings is 1. The average molecular weight is 375 g/mol. The first-order valence-corrected chi connectivity index (χ1v) is 9.15. The minimum Gasteiger partial charge on any atom is -0.493 e. The molecule has 0 saturated heterocycles. The fraction of sp³-hybridized carbons (Fsp3) is 0.238. The highest BCUT2D eigenvalue weighted by Gasteiger charge is 2.18. The summed E-state index contributed by atoms with van der Waals surface area (Å²) < 4.78 is 3.59. The predicted molar refractivity (Wildman–Crippen MR) is 108 cm³/mol. The second kappa shape index (κ2) is 6.92. The van der Waals surface area contributed by atoms with Gasteiger partial charge < -0.3 is 14.2 Å². The van der Waals surface area contributed by atoms with Crippen LogP contribution in [0.25, 0.3) is 21.9 Å². The Morgan fingerprint density at radius 3 is 2.54 bits per heavy atom. The molecule has 0 fully saturated rings. The first-order chi connectivity index (χ1) is 13.5. The van der Waals surface area contributed by atoms with Gasteiger partial charge in [0.2, 0.25) is 5.88 Å². The number of nitrogens with zero attached hydrogens (tertiary/aromatic N) is 5. The van der Waals surface area contributed by atoms with Crippen molar-refractivity contribution in [3.63, 3.8) is 0 Å². The highest BCUT2D eigenvalue weighted by molar-refractivity contribution is 5.95. The third kappa shape index (κ3) is 2.94. The quantitative estimate of drug-likeness (QED) is 0.515. The van der Waals surface area contributed by atoms with E-state index in [4.69, 9.17) is 0 Å². The maximum absolute atomic E-state index is 12.5. The van der Waals surface area contributed by atoms with Gasteiger partial charge in [-0.15, -0.1) is 10.2 Å². The van der Waals surface area contributed by atoms with E-state index in [9.17, 15) is 9.90 Å². The Morgan fingerprint density at radius 1 is 1.11 bits per heavy atom. The molecule has 1 amide bonds. The first kappa shape index (κ1) is 17.9. The van der Waals surface area contributed by atoms with Crippen LogP contribution in [-0.2, 0) is 11.3 Å². The standard InChI is InChI=1S/C21H21N5O2/c1-13(2)26-17-10-6-4-8-15(17)20(21(26)28)24-23-19(27)12-25-14(3)22-16-9-5-7-11-18(16)25/h4-11,13,28H,12H2,1-3H3. The number of azo groups is 1. The normalized spacial score (nSPS) is 12.0. The predicted octanol–water partition coefficient (Wildman–Crippen LogP) is 4.90. The molecule has 4 aromatic rings. The van der Waals surface area contributed by atoms with Crippen LogP contribution in [0.5, 0.6) is 5.88 Å². The molecule has 2 aromatic carbocycles. The number of aryl methyl sites for hydroxylation is 1. The zero-order valence-corrected chi connectivity index (χ0v) is 16.0. The number of amides is 1. The summed E-state index contributed by atoms with van der Waals surface area (Å²) in [6.45, 7) is 5.85. The summed E-state index contributed by atoms with van der Waals surface area (Å²) in [4.78, 5) is 16.9. The summed E-state index contributed by atoms with van der Waals surface area (Å²) >= 11 is 0. The van der Waals surface area contributed by atoms with Gasteiger partial charge in [0.1, 0.15) is 12.4 Å². The second-order valence-corrected chi connectivity index (χ2v) is 6.98. The van der Waals surface area contributed by atoms with Crippen molar-refractivity contribution in [2.75, 3.05) is 0 Å². The van der Waals surface area contributed by atoms with Crippen molar-refractivity contribution in [3.05, 3.63) is 54.4 Å². The molecule has 2 aromatic heterocycles.